The van der Waals surface area contributed by atoms with Gasteiger partial charge in [0.15, 0.2) is 4.77 Å². The molecule has 0 spiro atoms. The first kappa shape index (κ1) is 12.1. The van der Waals surface area contributed by atoms with Gasteiger partial charge in [0, 0.05) is 18.9 Å². The molecule has 3 aromatic rings. The minimum atomic E-state index is 0.787. The number of benzene rings is 1. The zero-order chi connectivity index (χ0) is 13.2. The van der Waals surface area contributed by atoms with Gasteiger partial charge in [-0.05, 0) is 61.0 Å². The first-order chi connectivity index (χ1) is 9.24. The van der Waals surface area contributed by atoms with Gasteiger partial charge >= 0.3 is 0 Å². The molecule has 96 valence electrons. The molecule has 0 fully saturated rings. The Labute approximate surface area is 116 Å². The molecule has 0 radical (unpaired) electrons. The van der Waals surface area contributed by atoms with E-state index in [0.717, 1.165) is 23.3 Å². The smallest absolute Gasteiger partial charge is 0.178 e. The molecule has 0 unspecified atom stereocenters. The predicted molar refractivity (Wildman–Crippen MR) is 79.8 cm³/mol. The minimum Gasteiger partial charge on any atom is -0.331 e. The average Bonchev–Trinajstić information content (AvgIpc) is 2.73. The van der Waals surface area contributed by atoms with Crippen molar-refractivity contribution in [2.75, 3.05) is 0 Å². The summed E-state index contributed by atoms with van der Waals surface area (Å²) in [6, 6.07) is 10.5. The van der Waals surface area contributed by atoms with E-state index in [1.165, 1.54) is 16.6 Å². The Bertz CT molecular complexity index is 756. The topological polar surface area (TPSA) is 33.6 Å². The molecule has 2 heterocycles. The Hall–Kier alpha value is -1.94. The van der Waals surface area contributed by atoms with Crippen LogP contribution in [0.25, 0.3) is 11.0 Å². The number of nitrogens with zero attached hydrogens (tertiary/aromatic N) is 2. The van der Waals surface area contributed by atoms with Gasteiger partial charge in [0.25, 0.3) is 0 Å². The molecule has 3 nitrogen and oxygen atoms in total. The Morgan fingerprint density at radius 1 is 1.21 bits per heavy atom. The summed E-state index contributed by atoms with van der Waals surface area (Å²) in [6.45, 7) is 2.98. The number of aryl methyl sites for hydroxylation is 3. The van der Waals surface area contributed by atoms with E-state index in [1.54, 1.807) is 0 Å². The highest BCUT2D eigenvalue weighted by Crippen LogP contribution is 2.16. The highest BCUT2D eigenvalue weighted by atomic mass is 32.1. The van der Waals surface area contributed by atoms with E-state index in [-0.39, 0.29) is 0 Å². The van der Waals surface area contributed by atoms with Crippen LogP contribution >= 0.6 is 12.2 Å². The normalized spacial score (nSPS) is 11.0. The fourth-order valence-electron chi connectivity index (χ4n) is 2.28. The molecule has 0 bridgehead atoms. The molecule has 0 aliphatic rings. The van der Waals surface area contributed by atoms with Gasteiger partial charge in [-0.2, -0.15) is 0 Å². The fourth-order valence-corrected chi connectivity index (χ4v) is 2.57. The van der Waals surface area contributed by atoms with Crippen LogP contribution < -0.4 is 0 Å². The molecule has 1 N–H and O–H groups in total. The van der Waals surface area contributed by atoms with Gasteiger partial charge in [-0.3, -0.25) is 4.98 Å². The standard InChI is InChI=1S/C15H15N3S/c1-11-2-3-13-14(10-11)18(15(19)17-13)9-6-12-4-7-16-8-5-12/h2-5,7-8,10H,6,9H2,1H3,(H,17,19). The largest absolute Gasteiger partial charge is 0.331 e. The van der Waals surface area contributed by atoms with Gasteiger partial charge in [-0.25, -0.2) is 0 Å². The van der Waals surface area contributed by atoms with Crippen molar-refractivity contribution in [2.45, 2.75) is 19.9 Å². The van der Waals surface area contributed by atoms with E-state index in [4.69, 9.17) is 12.2 Å². The lowest BCUT2D eigenvalue weighted by atomic mass is 10.2. The molecule has 0 amide bonds. The van der Waals surface area contributed by atoms with Crippen molar-refractivity contribution in [2.24, 2.45) is 0 Å². The second-order valence-electron chi connectivity index (χ2n) is 4.71. The second kappa shape index (κ2) is 4.97. The first-order valence-electron chi connectivity index (χ1n) is 6.32. The van der Waals surface area contributed by atoms with E-state index in [0.29, 0.717) is 0 Å². The van der Waals surface area contributed by atoms with Crippen molar-refractivity contribution in [3.8, 4) is 0 Å². The zero-order valence-electron chi connectivity index (χ0n) is 10.8. The van der Waals surface area contributed by atoms with Crippen LogP contribution in [0.15, 0.2) is 42.7 Å². The fraction of sp³-hybridized carbons (Fsp3) is 0.200. The number of pyridine rings is 1. The predicted octanol–water partition coefficient (Wildman–Crippen LogP) is 3.65. The summed E-state index contributed by atoms with van der Waals surface area (Å²) < 4.78 is 2.95. The third-order valence-corrected chi connectivity index (χ3v) is 3.63. The van der Waals surface area contributed by atoms with E-state index >= 15 is 0 Å². The lowest BCUT2D eigenvalue weighted by Gasteiger charge is -2.05. The van der Waals surface area contributed by atoms with Crippen LogP contribution in [-0.4, -0.2) is 14.5 Å². The highest BCUT2D eigenvalue weighted by molar-refractivity contribution is 7.71. The molecule has 1 aromatic carbocycles. The van der Waals surface area contributed by atoms with E-state index in [2.05, 4.69) is 39.7 Å². The number of H-pyrrole nitrogens is 1. The van der Waals surface area contributed by atoms with Crippen molar-refractivity contribution >= 4 is 23.3 Å². The average molecular weight is 269 g/mol. The van der Waals surface area contributed by atoms with Crippen molar-refractivity contribution in [1.82, 2.24) is 14.5 Å². The molecular weight excluding hydrogens is 254 g/mol. The summed E-state index contributed by atoms with van der Waals surface area (Å²) in [5.74, 6) is 0. The van der Waals surface area contributed by atoms with Crippen LogP contribution in [0.5, 0.6) is 0 Å². The summed E-state index contributed by atoms with van der Waals surface area (Å²) in [5.41, 5.74) is 4.81. The number of imidazole rings is 1. The van der Waals surface area contributed by atoms with Gasteiger partial charge < -0.3 is 9.55 Å². The minimum absolute atomic E-state index is 0.787. The zero-order valence-corrected chi connectivity index (χ0v) is 11.6. The molecule has 0 saturated heterocycles. The Morgan fingerprint density at radius 3 is 2.79 bits per heavy atom. The maximum atomic E-state index is 5.41. The van der Waals surface area contributed by atoms with Crippen LogP contribution in [0, 0.1) is 11.7 Å². The van der Waals surface area contributed by atoms with E-state index in [9.17, 15) is 0 Å². The molecule has 0 aliphatic carbocycles. The summed E-state index contributed by atoms with van der Waals surface area (Å²) in [7, 11) is 0. The highest BCUT2D eigenvalue weighted by Gasteiger charge is 2.04. The van der Waals surface area contributed by atoms with Crippen molar-refractivity contribution in [1.29, 1.82) is 0 Å². The number of nitrogens with one attached hydrogen (secondary N) is 1. The van der Waals surface area contributed by atoms with E-state index < -0.39 is 0 Å². The van der Waals surface area contributed by atoms with Crippen molar-refractivity contribution in [3.05, 3.63) is 58.6 Å². The third-order valence-electron chi connectivity index (χ3n) is 3.30. The van der Waals surface area contributed by atoms with Gasteiger partial charge in [-0.15, -0.1) is 0 Å². The van der Waals surface area contributed by atoms with Crippen LogP contribution in [0.4, 0.5) is 0 Å². The van der Waals surface area contributed by atoms with Crippen LogP contribution in [-0.2, 0) is 13.0 Å². The van der Waals surface area contributed by atoms with Crippen molar-refractivity contribution < 1.29 is 0 Å². The SMILES string of the molecule is Cc1ccc2[nH]c(=S)n(CCc3ccncc3)c2c1. The quantitative estimate of drug-likeness (QED) is 0.736. The summed E-state index contributed by atoms with van der Waals surface area (Å²) in [4.78, 5) is 7.29. The first-order valence-corrected chi connectivity index (χ1v) is 6.73. The Kier molecular flexibility index (Phi) is 3.17. The second-order valence-corrected chi connectivity index (χ2v) is 5.09. The molecule has 19 heavy (non-hydrogen) atoms. The van der Waals surface area contributed by atoms with Crippen molar-refractivity contribution in [3.63, 3.8) is 0 Å². The van der Waals surface area contributed by atoms with Gasteiger partial charge in [-0.1, -0.05) is 6.07 Å². The summed E-state index contributed by atoms with van der Waals surface area (Å²) >= 11 is 5.41. The maximum absolute atomic E-state index is 5.41. The lowest BCUT2D eigenvalue weighted by Crippen LogP contribution is -2.01. The summed E-state index contributed by atoms with van der Waals surface area (Å²) in [5, 5.41) is 0. The van der Waals surface area contributed by atoms with Gasteiger partial charge in [0.1, 0.15) is 0 Å². The molecule has 3 rings (SSSR count). The van der Waals surface area contributed by atoms with Crippen LogP contribution in [0.2, 0.25) is 0 Å². The van der Waals surface area contributed by atoms with Crippen LogP contribution in [0.1, 0.15) is 11.1 Å². The van der Waals surface area contributed by atoms with Gasteiger partial charge in [0.05, 0.1) is 11.0 Å². The molecular formula is C15H15N3S. The Morgan fingerprint density at radius 2 is 2.00 bits per heavy atom. The number of aromatic amines is 1. The number of hydrogen-bond acceptors (Lipinski definition) is 2. The summed E-state index contributed by atoms with van der Waals surface area (Å²) in [6.07, 6.45) is 4.61. The molecule has 2 aromatic heterocycles. The van der Waals surface area contributed by atoms with E-state index in [1.807, 2.05) is 24.5 Å². The number of hydrogen-bond donors (Lipinski definition) is 1. The molecule has 0 atom stereocenters. The molecule has 0 saturated carbocycles. The van der Waals surface area contributed by atoms with Crippen LogP contribution in [0.3, 0.4) is 0 Å². The Balaban J connectivity index is 1.94. The third kappa shape index (κ3) is 2.44. The lowest BCUT2D eigenvalue weighted by molar-refractivity contribution is 0.706. The van der Waals surface area contributed by atoms with Gasteiger partial charge in [0.2, 0.25) is 0 Å². The maximum Gasteiger partial charge on any atom is 0.178 e. The molecule has 4 heteroatoms. The number of rotatable bonds is 3. The monoisotopic (exact) mass is 269 g/mol. The number of aromatic nitrogens is 3. The molecule has 0 aliphatic heterocycles. The number of fused-ring (bicyclic) bond motifs is 1.